The minimum atomic E-state index is -0.328. The fourth-order valence-corrected chi connectivity index (χ4v) is 3.05. The molecule has 0 unspecified atom stereocenters. The first kappa shape index (κ1) is 18.1. The summed E-state index contributed by atoms with van der Waals surface area (Å²) in [5, 5.41) is 6.20. The van der Waals surface area contributed by atoms with Crippen LogP contribution in [0.2, 0.25) is 5.02 Å². The molecule has 2 heterocycles. The first-order valence-electron chi connectivity index (χ1n) is 8.89. The molecule has 6 nitrogen and oxygen atoms in total. The van der Waals surface area contributed by atoms with E-state index < -0.39 is 0 Å². The zero-order chi connectivity index (χ0) is 19.5. The molecule has 0 radical (unpaired) electrons. The van der Waals surface area contributed by atoms with Crippen molar-refractivity contribution in [2.24, 2.45) is 5.92 Å². The molecular weight excluding hydrogens is 376 g/mol. The van der Waals surface area contributed by atoms with E-state index in [-0.39, 0.29) is 17.7 Å². The van der Waals surface area contributed by atoms with Gasteiger partial charge in [-0.05, 0) is 37.1 Å². The van der Waals surface area contributed by atoms with Crippen LogP contribution in [0.3, 0.4) is 0 Å². The van der Waals surface area contributed by atoms with E-state index in [4.69, 9.17) is 11.6 Å². The molecule has 2 N–H and O–H groups in total. The standard InChI is InChI=1S/C21H17ClN4O2/c22-17-4-2-1-3-15(17)16-8-9-23-12-18(16)25-21(28)14-7-10-24-19(11-14)26-20(27)13-5-6-13/h1-4,7-13H,5-6H2,(H,25,28)(H,24,26,27). The molecule has 1 aliphatic rings. The second-order valence-electron chi connectivity index (χ2n) is 6.55. The summed E-state index contributed by atoms with van der Waals surface area (Å²) in [6.45, 7) is 0. The number of carbonyl (C=O) groups is 2. The average molecular weight is 393 g/mol. The predicted molar refractivity (Wildman–Crippen MR) is 108 cm³/mol. The molecular formula is C21H17ClN4O2. The largest absolute Gasteiger partial charge is 0.320 e. The zero-order valence-corrected chi connectivity index (χ0v) is 15.6. The molecule has 7 heteroatoms. The SMILES string of the molecule is O=C(Nc1cnccc1-c1ccccc1Cl)c1ccnc(NC(=O)C2CC2)c1. The van der Waals surface area contributed by atoms with E-state index in [0.717, 1.165) is 24.0 Å². The number of hydrogen-bond acceptors (Lipinski definition) is 4. The lowest BCUT2D eigenvalue weighted by Crippen LogP contribution is -2.16. The van der Waals surface area contributed by atoms with Crippen molar-refractivity contribution in [2.75, 3.05) is 10.6 Å². The van der Waals surface area contributed by atoms with Gasteiger partial charge in [0.1, 0.15) is 5.82 Å². The molecule has 3 aromatic rings. The molecule has 1 fully saturated rings. The van der Waals surface area contributed by atoms with Gasteiger partial charge in [-0.15, -0.1) is 0 Å². The van der Waals surface area contributed by atoms with Crippen LogP contribution in [0.25, 0.3) is 11.1 Å². The lowest BCUT2D eigenvalue weighted by Gasteiger charge is -2.12. The Labute approximate surface area is 167 Å². The second-order valence-corrected chi connectivity index (χ2v) is 6.96. The van der Waals surface area contributed by atoms with Gasteiger partial charge in [0.05, 0.1) is 11.9 Å². The number of pyridine rings is 2. The van der Waals surface area contributed by atoms with Gasteiger partial charge in [-0.25, -0.2) is 4.98 Å². The van der Waals surface area contributed by atoms with Crippen molar-refractivity contribution in [1.29, 1.82) is 0 Å². The van der Waals surface area contributed by atoms with Gasteiger partial charge in [0.15, 0.2) is 0 Å². The number of amides is 2. The fourth-order valence-electron chi connectivity index (χ4n) is 2.82. The van der Waals surface area contributed by atoms with Crippen LogP contribution in [0.5, 0.6) is 0 Å². The van der Waals surface area contributed by atoms with Crippen LogP contribution in [-0.2, 0) is 4.79 Å². The number of aromatic nitrogens is 2. The molecule has 0 bridgehead atoms. The number of carbonyl (C=O) groups excluding carboxylic acids is 2. The third kappa shape index (κ3) is 4.02. The van der Waals surface area contributed by atoms with Gasteiger partial charge in [0.2, 0.25) is 5.91 Å². The van der Waals surface area contributed by atoms with E-state index in [1.165, 1.54) is 6.20 Å². The van der Waals surface area contributed by atoms with Gasteiger partial charge in [-0.1, -0.05) is 29.8 Å². The van der Waals surface area contributed by atoms with Crippen LogP contribution in [0.4, 0.5) is 11.5 Å². The van der Waals surface area contributed by atoms with Crippen LogP contribution >= 0.6 is 11.6 Å². The summed E-state index contributed by atoms with van der Waals surface area (Å²) in [6, 6.07) is 12.3. The minimum Gasteiger partial charge on any atom is -0.320 e. The highest BCUT2D eigenvalue weighted by Gasteiger charge is 2.29. The Morgan fingerprint density at radius 3 is 2.61 bits per heavy atom. The topological polar surface area (TPSA) is 84.0 Å². The molecule has 1 aliphatic carbocycles. The smallest absolute Gasteiger partial charge is 0.255 e. The zero-order valence-electron chi connectivity index (χ0n) is 14.9. The summed E-state index contributed by atoms with van der Waals surface area (Å²) in [4.78, 5) is 32.9. The third-order valence-electron chi connectivity index (χ3n) is 4.45. The highest BCUT2D eigenvalue weighted by Crippen LogP contribution is 2.33. The van der Waals surface area contributed by atoms with Crippen LogP contribution in [0.15, 0.2) is 61.1 Å². The van der Waals surface area contributed by atoms with Crippen LogP contribution in [0, 0.1) is 5.92 Å². The average Bonchev–Trinajstić information content (AvgIpc) is 3.55. The quantitative estimate of drug-likeness (QED) is 0.674. The van der Waals surface area contributed by atoms with Crippen molar-refractivity contribution < 1.29 is 9.59 Å². The van der Waals surface area contributed by atoms with Gasteiger partial charge in [-0.3, -0.25) is 14.6 Å². The van der Waals surface area contributed by atoms with E-state index >= 15 is 0 Å². The minimum absolute atomic E-state index is 0.0571. The van der Waals surface area contributed by atoms with Crippen molar-refractivity contribution in [3.8, 4) is 11.1 Å². The van der Waals surface area contributed by atoms with E-state index in [0.29, 0.717) is 22.1 Å². The second kappa shape index (κ2) is 7.78. The number of hydrogen-bond donors (Lipinski definition) is 2. The molecule has 2 amide bonds. The van der Waals surface area contributed by atoms with Crippen molar-refractivity contribution in [3.63, 3.8) is 0 Å². The number of halogens is 1. The number of rotatable bonds is 5. The maximum atomic E-state index is 12.8. The molecule has 0 spiro atoms. The van der Waals surface area contributed by atoms with Gasteiger partial charge in [-0.2, -0.15) is 0 Å². The monoisotopic (exact) mass is 392 g/mol. The van der Waals surface area contributed by atoms with Gasteiger partial charge in [0, 0.05) is 40.0 Å². The molecule has 4 rings (SSSR count). The van der Waals surface area contributed by atoms with E-state index in [1.54, 1.807) is 36.7 Å². The van der Waals surface area contributed by atoms with Crippen molar-refractivity contribution in [3.05, 3.63) is 71.6 Å². The predicted octanol–water partition coefficient (Wildman–Crippen LogP) is 4.40. The molecule has 1 aromatic carbocycles. The lowest BCUT2D eigenvalue weighted by molar-refractivity contribution is -0.117. The van der Waals surface area contributed by atoms with Gasteiger partial charge in [0.25, 0.3) is 5.91 Å². The van der Waals surface area contributed by atoms with E-state index in [9.17, 15) is 9.59 Å². The summed E-state index contributed by atoms with van der Waals surface area (Å²) >= 11 is 6.30. The summed E-state index contributed by atoms with van der Waals surface area (Å²) in [6.07, 6.45) is 6.52. The maximum absolute atomic E-state index is 12.8. The highest BCUT2D eigenvalue weighted by molar-refractivity contribution is 6.33. The van der Waals surface area contributed by atoms with Crippen molar-refractivity contribution >= 4 is 34.9 Å². The molecule has 0 saturated heterocycles. The molecule has 0 atom stereocenters. The Bertz CT molecular complexity index is 1050. The van der Waals surface area contributed by atoms with E-state index in [1.807, 2.05) is 18.2 Å². The third-order valence-corrected chi connectivity index (χ3v) is 4.78. The fraction of sp³-hybridized carbons (Fsp3) is 0.143. The molecule has 0 aliphatic heterocycles. The number of anilines is 2. The lowest BCUT2D eigenvalue weighted by atomic mass is 10.1. The van der Waals surface area contributed by atoms with Gasteiger partial charge >= 0.3 is 0 Å². The Morgan fingerprint density at radius 2 is 1.82 bits per heavy atom. The van der Waals surface area contributed by atoms with E-state index in [2.05, 4.69) is 20.6 Å². The van der Waals surface area contributed by atoms with Gasteiger partial charge < -0.3 is 10.6 Å². The Balaban J connectivity index is 1.56. The normalized spacial score (nSPS) is 13.0. The number of nitrogens with zero attached hydrogens (tertiary/aromatic N) is 2. The highest BCUT2D eigenvalue weighted by atomic mass is 35.5. The van der Waals surface area contributed by atoms with Crippen molar-refractivity contribution in [1.82, 2.24) is 9.97 Å². The first-order valence-corrected chi connectivity index (χ1v) is 9.27. The number of nitrogens with one attached hydrogen (secondary N) is 2. The molecule has 140 valence electrons. The van der Waals surface area contributed by atoms with Crippen LogP contribution in [0.1, 0.15) is 23.2 Å². The number of benzene rings is 1. The Morgan fingerprint density at radius 1 is 1.00 bits per heavy atom. The molecule has 28 heavy (non-hydrogen) atoms. The molecule has 2 aromatic heterocycles. The summed E-state index contributed by atoms with van der Waals surface area (Å²) in [5.41, 5.74) is 2.50. The Kier molecular flexibility index (Phi) is 5.04. The summed E-state index contributed by atoms with van der Waals surface area (Å²) < 4.78 is 0. The summed E-state index contributed by atoms with van der Waals surface area (Å²) in [7, 11) is 0. The maximum Gasteiger partial charge on any atom is 0.255 e. The van der Waals surface area contributed by atoms with Crippen LogP contribution in [-0.4, -0.2) is 21.8 Å². The summed E-state index contributed by atoms with van der Waals surface area (Å²) in [5.74, 6) is 0.0406. The first-order chi connectivity index (χ1) is 13.6. The van der Waals surface area contributed by atoms with Crippen LogP contribution < -0.4 is 10.6 Å². The molecule has 1 saturated carbocycles. The van der Waals surface area contributed by atoms with Crippen molar-refractivity contribution in [2.45, 2.75) is 12.8 Å². The Hall–Kier alpha value is -3.25.